The van der Waals surface area contributed by atoms with E-state index in [1.54, 1.807) is 0 Å². The molecule has 0 bridgehead atoms. The molecule has 6 nitrogen and oxygen atoms in total. The van der Waals surface area contributed by atoms with Crippen molar-refractivity contribution in [3.63, 3.8) is 0 Å². The third kappa shape index (κ3) is 6.29. The van der Waals surface area contributed by atoms with Gasteiger partial charge < -0.3 is 24.4 Å². The van der Waals surface area contributed by atoms with Gasteiger partial charge in [0.25, 0.3) is 0 Å². The van der Waals surface area contributed by atoms with Crippen LogP contribution in [0.25, 0.3) is 0 Å². The summed E-state index contributed by atoms with van der Waals surface area (Å²) in [5.74, 6) is -0.463. The SMILES string of the molecule is CC(C)(C)OC(CCOc1ccc(O)c(C(=O)O)c1)Oc1ccccc1. The van der Waals surface area contributed by atoms with Crippen molar-refractivity contribution < 1.29 is 29.2 Å². The van der Waals surface area contributed by atoms with E-state index >= 15 is 0 Å². The van der Waals surface area contributed by atoms with Crippen molar-refractivity contribution >= 4 is 5.97 Å². The van der Waals surface area contributed by atoms with Crippen LogP contribution < -0.4 is 9.47 Å². The molecule has 0 aliphatic rings. The summed E-state index contributed by atoms with van der Waals surface area (Å²) in [5.41, 5.74) is -0.598. The Morgan fingerprint density at radius 1 is 1.08 bits per heavy atom. The lowest BCUT2D eigenvalue weighted by Gasteiger charge is -2.28. The summed E-state index contributed by atoms with van der Waals surface area (Å²) < 4.78 is 17.4. The second-order valence-corrected chi connectivity index (χ2v) is 6.71. The molecule has 0 saturated carbocycles. The molecule has 0 aliphatic carbocycles. The summed E-state index contributed by atoms with van der Waals surface area (Å²) >= 11 is 0. The summed E-state index contributed by atoms with van der Waals surface area (Å²) in [4.78, 5) is 11.1. The van der Waals surface area contributed by atoms with Gasteiger partial charge in [-0.25, -0.2) is 4.79 Å². The number of rotatable bonds is 8. The molecule has 6 heteroatoms. The second-order valence-electron chi connectivity index (χ2n) is 6.71. The first-order valence-corrected chi connectivity index (χ1v) is 8.33. The highest BCUT2D eigenvalue weighted by Crippen LogP contribution is 2.24. The van der Waals surface area contributed by atoms with Crippen LogP contribution in [0.15, 0.2) is 48.5 Å². The zero-order valence-corrected chi connectivity index (χ0v) is 15.1. The molecule has 1 atom stereocenters. The van der Waals surface area contributed by atoms with Crippen molar-refractivity contribution in [1.82, 2.24) is 0 Å². The molecular weight excluding hydrogens is 336 g/mol. The number of carbonyl (C=O) groups is 1. The van der Waals surface area contributed by atoms with Gasteiger partial charge in [0, 0.05) is 6.42 Å². The van der Waals surface area contributed by atoms with Gasteiger partial charge in [-0.1, -0.05) is 18.2 Å². The first-order chi connectivity index (χ1) is 12.2. The highest BCUT2D eigenvalue weighted by atomic mass is 16.7. The van der Waals surface area contributed by atoms with Gasteiger partial charge in [-0.3, -0.25) is 0 Å². The molecule has 0 heterocycles. The molecule has 2 aromatic carbocycles. The average Bonchev–Trinajstić information content (AvgIpc) is 2.55. The Labute approximate surface area is 152 Å². The number of hydrogen-bond donors (Lipinski definition) is 2. The van der Waals surface area contributed by atoms with E-state index in [1.807, 2.05) is 51.1 Å². The standard InChI is InChI=1S/C20H24O6/c1-20(2,3)26-18(25-14-7-5-4-6-8-14)11-12-24-15-9-10-17(21)16(13-15)19(22)23/h4-10,13,18,21H,11-12H2,1-3H3,(H,22,23). The third-order valence-corrected chi connectivity index (χ3v) is 3.32. The molecule has 140 valence electrons. The first kappa shape index (κ1) is 19.6. The predicted octanol–water partition coefficient (Wildman–Crippen LogP) is 4.08. The average molecular weight is 360 g/mol. The van der Waals surface area contributed by atoms with Gasteiger partial charge in [-0.2, -0.15) is 0 Å². The van der Waals surface area contributed by atoms with E-state index in [9.17, 15) is 9.90 Å². The van der Waals surface area contributed by atoms with Crippen LogP contribution in [0, 0.1) is 0 Å². The van der Waals surface area contributed by atoms with Crippen molar-refractivity contribution in [2.45, 2.75) is 39.1 Å². The zero-order valence-electron chi connectivity index (χ0n) is 15.1. The van der Waals surface area contributed by atoms with E-state index in [-0.39, 0.29) is 17.9 Å². The van der Waals surface area contributed by atoms with Gasteiger partial charge >= 0.3 is 5.97 Å². The van der Waals surface area contributed by atoms with Gasteiger partial charge in [0.05, 0.1) is 12.2 Å². The normalized spacial score (nSPS) is 12.4. The monoisotopic (exact) mass is 360 g/mol. The maximum atomic E-state index is 11.1. The van der Waals surface area contributed by atoms with Gasteiger partial charge in [-0.05, 0) is 51.1 Å². The number of aromatic carboxylic acids is 1. The molecule has 2 N–H and O–H groups in total. The Bertz CT molecular complexity index is 721. The molecular formula is C20H24O6. The van der Waals surface area contributed by atoms with E-state index in [0.29, 0.717) is 17.9 Å². The Morgan fingerprint density at radius 2 is 1.77 bits per heavy atom. The minimum absolute atomic E-state index is 0.203. The Hall–Kier alpha value is -2.73. The van der Waals surface area contributed by atoms with Crippen LogP contribution in [0.1, 0.15) is 37.6 Å². The van der Waals surface area contributed by atoms with Crippen LogP contribution in [-0.2, 0) is 4.74 Å². The van der Waals surface area contributed by atoms with Gasteiger partial charge in [0.15, 0.2) is 0 Å². The van der Waals surface area contributed by atoms with Gasteiger partial charge in [0.1, 0.15) is 22.8 Å². The Kier molecular flexibility index (Phi) is 6.46. The highest BCUT2D eigenvalue weighted by Gasteiger charge is 2.20. The third-order valence-electron chi connectivity index (χ3n) is 3.32. The Morgan fingerprint density at radius 3 is 2.38 bits per heavy atom. The Balaban J connectivity index is 1.98. The fourth-order valence-electron chi connectivity index (χ4n) is 2.24. The van der Waals surface area contributed by atoms with Crippen LogP contribution in [0.5, 0.6) is 17.2 Å². The zero-order chi connectivity index (χ0) is 19.2. The molecule has 0 fully saturated rings. The van der Waals surface area contributed by atoms with Crippen LogP contribution >= 0.6 is 0 Å². The van der Waals surface area contributed by atoms with E-state index in [0.717, 1.165) is 0 Å². The van der Waals surface area contributed by atoms with Crippen LogP contribution in [0.4, 0.5) is 0 Å². The van der Waals surface area contributed by atoms with Crippen LogP contribution in [0.3, 0.4) is 0 Å². The lowest BCUT2D eigenvalue weighted by atomic mass is 10.2. The number of carboxylic acid groups (broad SMARTS) is 1. The maximum Gasteiger partial charge on any atom is 0.339 e. The van der Waals surface area contributed by atoms with Crippen molar-refractivity contribution in [3.05, 3.63) is 54.1 Å². The fraction of sp³-hybridized carbons (Fsp3) is 0.350. The fourth-order valence-corrected chi connectivity index (χ4v) is 2.24. The van der Waals surface area contributed by atoms with Crippen molar-refractivity contribution in [1.29, 1.82) is 0 Å². The van der Waals surface area contributed by atoms with E-state index < -0.39 is 17.9 Å². The molecule has 1 unspecified atom stereocenters. The van der Waals surface area contributed by atoms with Gasteiger partial charge in [-0.15, -0.1) is 0 Å². The second kappa shape index (κ2) is 8.58. The summed E-state index contributed by atoms with van der Waals surface area (Å²) in [6, 6.07) is 13.4. The molecule has 2 aromatic rings. The topological polar surface area (TPSA) is 85.2 Å². The highest BCUT2D eigenvalue weighted by molar-refractivity contribution is 5.91. The molecule has 0 radical (unpaired) electrons. The maximum absolute atomic E-state index is 11.1. The smallest absolute Gasteiger partial charge is 0.339 e. The molecule has 26 heavy (non-hydrogen) atoms. The van der Waals surface area contributed by atoms with E-state index in [2.05, 4.69) is 0 Å². The van der Waals surface area contributed by atoms with Crippen LogP contribution in [-0.4, -0.2) is 34.7 Å². The minimum atomic E-state index is -1.21. The van der Waals surface area contributed by atoms with Crippen molar-refractivity contribution in [2.24, 2.45) is 0 Å². The number of phenols is 1. The van der Waals surface area contributed by atoms with Crippen LogP contribution in [0.2, 0.25) is 0 Å². The number of ether oxygens (including phenoxy) is 3. The summed E-state index contributed by atoms with van der Waals surface area (Å²) in [6.07, 6.45) is -0.0800. The molecule has 0 aromatic heterocycles. The molecule has 0 amide bonds. The number of benzene rings is 2. The molecule has 0 saturated heterocycles. The lowest BCUT2D eigenvalue weighted by Crippen LogP contribution is -2.32. The summed E-state index contributed by atoms with van der Waals surface area (Å²) in [6.45, 7) is 6.08. The number of carboxylic acids is 1. The van der Waals surface area contributed by atoms with E-state index in [4.69, 9.17) is 19.3 Å². The minimum Gasteiger partial charge on any atom is -0.507 e. The first-order valence-electron chi connectivity index (χ1n) is 8.33. The predicted molar refractivity (Wildman–Crippen MR) is 96.9 cm³/mol. The quantitative estimate of drug-likeness (QED) is 0.690. The number of hydrogen-bond acceptors (Lipinski definition) is 5. The van der Waals surface area contributed by atoms with Gasteiger partial charge in [0.2, 0.25) is 6.29 Å². The number of para-hydroxylation sites is 1. The lowest BCUT2D eigenvalue weighted by molar-refractivity contribution is -0.156. The molecule has 0 spiro atoms. The number of aromatic hydroxyl groups is 1. The largest absolute Gasteiger partial charge is 0.507 e. The van der Waals surface area contributed by atoms with Crippen molar-refractivity contribution in [2.75, 3.05) is 6.61 Å². The summed E-state index contributed by atoms with van der Waals surface area (Å²) in [5, 5.41) is 18.6. The molecule has 0 aliphatic heterocycles. The molecule has 2 rings (SSSR count). The van der Waals surface area contributed by atoms with Crippen molar-refractivity contribution in [3.8, 4) is 17.2 Å². The summed E-state index contributed by atoms with van der Waals surface area (Å²) in [7, 11) is 0. The van der Waals surface area contributed by atoms with E-state index in [1.165, 1.54) is 18.2 Å².